The van der Waals surface area contributed by atoms with Crippen molar-refractivity contribution in [2.75, 3.05) is 6.54 Å². The number of hydrogen-bond donors (Lipinski definition) is 2. The SMILES string of the molecule is CC(C)NCC(O)c1ccc(OCc2ccccc2)c(OCc2ccccc2)c1F. The minimum Gasteiger partial charge on any atom is -0.485 e. The van der Waals surface area contributed by atoms with E-state index in [-0.39, 0.29) is 30.5 Å². The number of rotatable bonds is 10. The van der Waals surface area contributed by atoms with Crippen LogP contribution in [0.4, 0.5) is 4.39 Å². The highest BCUT2D eigenvalue weighted by atomic mass is 19.1. The highest BCUT2D eigenvalue weighted by Gasteiger charge is 2.21. The lowest BCUT2D eigenvalue weighted by Crippen LogP contribution is -2.28. The van der Waals surface area contributed by atoms with Crippen LogP contribution in [-0.4, -0.2) is 17.7 Å². The van der Waals surface area contributed by atoms with E-state index in [0.717, 1.165) is 11.1 Å². The molecule has 0 amide bonds. The van der Waals surface area contributed by atoms with Crippen molar-refractivity contribution in [3.63, 3.8) is 0 Å². The largest absolute Gasteiger partial charge is 0.485 e. The molecule has 0 saturated heterocycles. The minimum atomic E-state index is -0.991. The smallest absolute Gasteiger partial charge is 0.197 e. The molecule has 0 heterocycles. The van der Waals surface area contributed by atoms with Crippen LogP contribution in [0.15, 0.2) is 72.8 Å². The maximum atomic E-state index is 15.3. The van der Waals surface area contributed by atoms with Crippen LogP contribution in [0.5, 0.6) is 11.5 Å². The summed E-state index contributed by atoms with van der Waals surface area (Å²) in [7, 11) is 0. The number of aliphatic hydroxyl groups is 1. The van der Waals surface area contributed by atoms with E-state index in [1.807, 2.05) is 74.5 Å². The van der Waals surface area contributed by atoms with Crippen molar-refractivity contribution in [2.24, 2.45) is 0 Å². The standard InChI is InChI=1S/C25H28FNO3/c1-18(2)27-15-22(28)21-13-14-23(29-16-19-9-5-3-6-10-19)25(24(21)26)30-17-20-11-7-4-8-12-20/h3-14,18,22,27-28H,15-17H2,1-2H3. The van der Waals surface area contributed by atoms with Gasteiger partial charge in [-0.25, -0.2) is 4.39 Å². The summed E-state index contributed by atoms with van der Waals surface area (Å²) in [6.45, 7) is 4.68. The Balaban J connectivity index is 1.83. The topological polar surface area (TPSA) is 50.7 Å². The molecule has 4 nitrogen and oxygen atoms in total. The van der Waals surface area contributed by atoms with E-state index >= 15 is 4.39 Å². The van der Waals surface area contributed by atoms with Gasteiger partial charge in [0.2, 0.25) is 0 Å². The first-order chi connectivity index (χ1) is 14.5. The Kier molecular flexibility index (Phi) is 7.82. The van der Waals surface area contributed by atoms with Crippen LogP contribution in [0.25, 0.3) is 0 Å². The fourth-order valence-corrected chi connectivity index (χ4v) is 2.98. The van der Waals surface area contributed by atoms with E-state index in [2.05, 4.69) is 5.32 Å². The molecule has 3 aromatic rings. The van der Waals surface area contributed by atoms with E-state index in [4.69, 9.17) is 9.47 Å². The van der Waals surface area contributed by atoms with Gasteiger partial charge in [-0.15, -0.1) is 0 Å². The summed E-state index contributed by atoms with van der Waals surface area (Å²) < 4.78 is 27.0. The molecule has 5 heteroatoms. The van der Waals surface area contributed by atoms with E-state index in [1.54, 1.807) is 12.1 Å². The van der Waals surface area contributed by atoms with Crippen molar-refractivity contribution in [1.82, 2.24) is 5.32 Å². The number of halogens is 1. The number of benzene rings is 3. The summed E-state index contributed by atoms with van der Waals surface area (Å²) >= 11 is 0. The monoisotopic (exact) mass is 409 g/mol. The number of hydrogen-bond acceptors (Lipinski definition) is 4. The molecule has 3 aromatic carbocycles. The van der Waals surface area contributed by atoms with Gasteiger partial charge in [0.1, 0.15) is 13.2 Å². The summed E-state index contributed by atoms with van der Waals surface area (Å²) in [5, 5.41) is 13.6. The average molecular weight is 410 g/mol. The van der Waals surface area contributed by atoms with E-state index in [0.29, 0.717) is 12.4 Å². The zero-order chi connectivity index (χ0) is 21.3. The van der Waals surface area contributed by atoms with Gasteiger partial charge in [-0.3, -0.25) is 0 Å². The maximum Gasteiger partial charge on any atom is 0.197 e. The molecular weight excluding hydrogens is 381 g/mol. The van der Waals surface area contributed by atoms with Gasteiger partial charge >= 0.3 is 0 Å². The normalized spacial score (nSPS) is 12.0. The van der Waals surface area contributed by atoms with Crippen molar-refractivity contribution >= 4 is 0 Å². The van der Waals surface area contributed by atoms with Gasteiger partial charge in [0, 0.05) is 18.2 Å². The van der Waals surface area contributed by atoms with Crippen LogP contribution in [0.1, 0.15) is 36.6 Å². The molecule has 0 radical (unpaired) electrons. The summed E-state index contributed by atoms with van der Waals surface area (Å²) in [5.74, 6) is -0.287. The molecule has 0 saturated carbocycles. The van der Waals surface area contributed by atoms with E-state index < -0.39 is 11.9 Å². The van der Waals surface area contributed by atoms with Gasteiger partial charge in [0.15, 0.2) is 17.3 Å². The number of aliphatic hydroxyl groups excluding tert-OH is 1. The Morgan fingerprint density at radius 1 is 0.833 bits per heavy atom. The van der Waals surface area contributed by atoms with Crippen molar-refractivity contribution in [1.29, 1.82) is 0 Å². The molecule has 0 aliphatic rings. The van der Waals surface area contributed by atoms with Gasteiger partial charge in [-0.2, -0.15) is 0 Å². The second-order valence-corrected chi connectivity index (χ2v) is 7.42. The Bertz CT molecular complexity index is 916. The molecule has 0 bridgehead atoms. The van der Waals surface area contributed by atoms with Crippen molar-refractivity contribution in [3.8, 4) is 11.5 Å². The maximum absolute atomic E-state index is 15.3. The van der Waals surface area contributed by atoms with Crippen LogP contribution in [-0.2, 0) is 13.2 Å². The highest BCUT2D eigenvalue weighted by molar-refractivity contribution is 5.45. The van der Waals surface area contributed by atoms with Crippen molar-refractivity contribution in [2.45, 2.75) is 39.2 Å². The second kappa shape index (κ2) is 10.8. The van der Waals surface area contributed by atoms with Gasteiger partial charge < -0.3 is 19.9 Å². The van der Waals surface area contributed by atoms with Crippen LogP contribution in [0.3, 0.4) is 0 Å². The van der Waals surface area contributed by atoms with Crippen molar-refractivity contribution < 1.29 is 19.0 Å². The zero-order valence-electron chi connectivity index (χ0n) is 17.3. The zero-order valence-corrected chi connectivity index (χ0v) is 17.3. The Hall–Kier alpha value is -2.89. The van der Waals surface area contributed by atoms with Crippen LogP contribution in [0.2, 0.25) is 0 Å². The molecule has 0 aliphatic heterocycles. The van der Waals surface area contributed by atoms with Gasteiger partial charge in [-0.05, 0) is 23.3 Å². The third-order valence-corrected chi connectivity index (χ3v) is 4.63. The summed E-state index contributed by atoms with van der Waals surface area (Å²) in [5.41, 5.74) is 2.06. The minimum absolute atomic E-state index is 0.0101. The predicted molar refractivity (Wildman–Crippen MR) is 116 cm³/mol. The molecular formula is C25H28FNO3. The Labute approximate surface area is 177 Å². The first-order valence-electron chi connectivity index (χ1n) is 10.1. The molecule has 30 heavy (non-hydrogen) atoms. The molecule has 1 atom stereocenters. The van der Waals surface area contributed by atoms with E-state index in [1.165, 1.54) is 0 Å². The fraction of sp³-hybridized carbons (Fsp3) is 0.280. The molecule has 0 spiro atoms. The second-order valence-electron chi connectivity index (χ2n) is 7.42. The highest BCUT2D eigenvalue weighted by Crippen LogP contribution is 2.36. The molecule has 1 unspecified atom stereocenters. The van der Waals surface area contributed by atoms with Crippen LogP contribution >= 0.6 is 0 Å². The third-order valence-electron chi connectivity index (χ3n) is 4.63. The molecule has 3 rings (SSSR count). The molecule has 0 aliphatic carbocycles. The molecule has 0 fully saturated rings. The van der Waals surface area contributed by atoms with Crippen molar-refractivity contribution in [3.05, 3.63) is 95.3 Å². The lowest BCUT2D eigenvalue weighted by molar-refractivity contribution is 0.164. The Morgan fingerprint density at radius 2 is 1.40 bits per heavy atom. The molecule has 0 aromatic heterocycles. The van der Waals surface area contributed by atoms with E-state index in [9.17, 15) is 5.11 Å². The fourth-order valence-electron chi connectivity index (χ4n) is 2.98. The summed E-state index contributed by atoms with van der Waals surface area (Å²) in [6.07, 6.45) is -0.991. The quantitative estimate of drug-likeness (QED) is 0.494. The lowest BCUT2D eigenvalue weighted by atomic mass is 10.1. The van der Waals surface area contributed by atoms with Crippen LogP contribution < -0.4 is 14.8 Å². The van der Waals surface area contributed by atoms with Gasteiger partial charge in [-0.1, -0.05) is 74.5 Å². The lowest BCUT2D eigenvalue weighted by Gasteiger charge is -2.19. The Morgan fingerprint density at radius 3 is 1.97 bits per heavy atom. The van der Waals surface area contributed by atoms with Gasteiger partial charge in [0.25, 0.3) is 0 Å². The van der Waals surface area contributed by atoms with Gasteiger partial charge in [0.05, 0.1) is 6.10 Å². The molecule has 158 valence electrons. The molecule has 2 N–H and O–H groups in total. The van der Waals surface area contributed by atoms with Crippen LogP contribution in [0, 0.1) is 5.82 Å². The predicted octanol–water partition coefficient (Wildman–Crippen LogP) is 5.02. The third kappa shape index (κ3) is 6.05. The number of ether oxygens (including phenoxy) is 2. The first kappa shape index (κ1) is 21.8. The number of nitrogens with one attached hydrogen (secondary N) is 1. The average Bonchev–Trinajstić information content (AvgIpc) is 2.76. The first-order valence-corrected chi connectivity index (χ1v) is 10.1. The summed E-state index contributed by atoms with van der Waals surface area (Å²) in [4.78, 5) is 0. The summed E-state index contributed by atoms with van der Waals surface area (Å²) in [6, 6.07) is 22.6.